The third-order valence-electron chi connectivity index (χ3n) is 4.62. The number of nitrogens with zero attached hydrogens (tertiary/aromatic N) is 4. The summed E-state index contributed by atoms with van der Waals surface area (Å²) in [6.45, 7) is 1.04. The maximum atomic E-state index is 12.9. The Hall–Kier alpha value is -2.73. The van der Waals surface area contributed by atoms with Crippen LogP contribution in [0.1, 0.15) is 20.7 Å². The van der Waals surface area contributed by atoms with Gasteiger partial charge in [-0.05, 0) is 38.4 Å². The quantitative estimate of drug-likeness (QED) is 0.691. The number of carbonyl (C=O) groups excluding carboxylic acids is 2. The zero-order valence-electron chi connectivity index (χ0n) is 13.9. The van der Waals surface area contributed by atoms with Gasteiger partial charge < -0.3 is 9.47 Å². The Morgan fingerprint density at radius 1 is 1.12 bits per heavy atom. The Bertz CT molecular complexity index is 1000. The summed E-state index contributed by atoms with van der Waals surface area (Å²) >= 11 is 0. The van der Waals surface area contributed by atoms with Crippen LogP contribution in [0, 0.1) is 0 Å². The van der Waals surface area contributed by atoms with E-state index in [2.05, 4.69) is 4.98 Å². The van der Waals surface area contributed by atoms with Gasteiger partial charge in [0.1, 0.15) is 5.65 Å². The molecular formula is C18H18N4O2. The maximum absolute atomic E-state index is 12.9. The lowest BCUT2D eigenvalue weighted by molar-refractivity contribution is 0.0645. The van der Waals surface area contributed by atoms with E-state index in [9.17, 15) is 9.59 Å². The molecule has 24 heavy (non-hydrogen) atoms. The number of pyridine rings is 1. The maximum Gasteiger partial charge on any atom is 0.262 e. The molecule has 0 saturated carbocycles. The molecule has 0 atom stereocenters. The van der Waals surface area contributed by atoms with Gasteiger partial charge in [0.15, 0.2) is 0 Å². The number of hydrogen-bond acceptors (Lipinski definition) is 4. The zero-order valence-corrected chi connectivity index (χ0v) is 13.9. The first kappa shape index (κ1) is 14.8. The Morgan fingerprint density at radius 2 is 1.92 bits per heavy atom. The van der Waals surface area contributed by atoms with E-state index in [1.54, 1.807) is 12.3 Å². The van der Waals surface area contributed by atoms with Gasteiger partial charge >= 0.3 is 0 Å². The van der Waals surface area contributed by atoms with Crippen molar-refractivity contribution in [3.05, 3.63) is 41.6 Å². The SMILES string of the molecule is CN(C)CCN1C(=O)c2ccc3c(c2C1=O)c1cccnc1n3C. The molecule has 0 unspecified atom stereocenters. The molecule has 122 valence electrons. The number of benzene rings is 1. The summed E-state index contributed by atoms with van der Waals surface area (Å²) in [6.07, 6.45) is 1.73. The van der Waals surface area contributed by atoms with Crippen molar-refractivity contribution in [2.75, 3.05) is 27.2 Å². The van der Waals surface area contributed by atoms with E-state index in [0.717, 1.165) is 21.9 Å². The zero-order chi connectivity index (χ0) is 17.0. The minimum absolute atomic E-state index is 0.209. The van der Waals surface area contributed by atoms with Crippen molar-refractivity contribution in [2.45, 2.75) is 0 Å². The molecule has 1 aromatic carbocycles. The molecule has 1 aliphatic heterocycles. The second-order valence-corrected chi connectivity index (χ2v) is 6.38. The third-order valence-corrected chi connectivity index (χ3v) is 4.62. The summed E-state index contributed by atoms with van der Waals surface area (Å²) in [4.78, 5) is 33.3. The molecule has 0 radical (unpaired) electrons. The highest BCUT2D eigenvalue weighted by molar-refractivity contribution is 6.29. The molecule has 0 bridgehead atoms. The third kappa shape index (κ3) is 1.89. The predicted octanol–water partition coefficient (Wildman–Crippen LogP) is 1.88. The van der Waals surface area contributed by atoms with Crippen molar-refractivity contribution in [3.8, 4) is 0 Å². The molecule has 6 nitrogen and oxygen atoms in total. The van der Waals surface area contributed by atoms with Crippen LogP contribution >= 0.6 is 0 Å². The average Bonchev–Trinajstić information content (AvgIpc) is 2.99. The number of amides is 2. The Labute approximate surface area is 139 Å². The van der Waals surface area contributed by atoms with Crippen molar-refractivity contribution < 1.29 is 9.59 Å². The second-order valence-electron chi connectivity index (χ2n) is 6.38. The number of likely N-dealkylation sites (N-methyl/N-ethyl adjacent to an activating group) is 1. The van der Waals surface area contributed by atoms with E-state index in [-0.39, 0.29) is 11.8 Å². The highest BCUT2D eigenvalue weighted by Gasteiger charge is 2.37. The van der Waals surface area contributed by atoms with E-state index in [1.807, 2.05) is 48.8 Å². The minimum atomic E-state index is -0.209. The van der Waals surface area contributed by atoms with E-state index in [0.29, 0.717) is 24.2 Å². The summed E-state index contributed by atoms with van der Waals surface area (Å²) in [5.41, 5.74) is 2.73. The summed E-state index contributed by atoms with van der Waals surface area (Å²) in [7, 11) is 5.77. The van der Waals surface area contributed by atoms with Crippen molar-refractivity contribution in [2.24, 2.45) is 7.05 Å². The molecule has 0 N–H and O–H groups in total. The van der Waals surface area contributed by atoms with Gasteiger partial charge in [0.2, 0.25) is 0 Å². The molecular weight excluding hydrogens is 304 g/mol. The minimum Gasteiger partial charge on any atom is -0.328 e. The Balaban J connectivity index is 1.96. The highest BCUT2D eigenvalue weighted by atomic mass is 16.2. The van der Waals surface area contributed by atoms with Crippen LogP contribution in [0.3, 0.4) is 0 Å². The van der Waals surface area contributed by atoms with Crippen LogP contribution in [0.4, 0.5) is 0 Å². The van der Waals surface area contributed by atoms with Gasteiger partial charge in [0.05, 0.1) is 16.6 Å². The first-order valence-electron chi connectivity index (χ1n) is 7.87. The molecule has 2 amide bonds. The van der Waals surface area contributed by atoms with E-state index >= 15 is 0 Å². The first-order chi connectivity index (χ1) is 11.5. The molecule has 1 aliphatic rings. The fraction of sp³-hybridized carbons (Fsp3) is 0.278. The normalized spacial score (nSPS) is 14.4. The van der Waals surface area contributed by atoms with E-state index < -0.39 is 0 Å². The largest absolute Gasteiger partial charge is 0.328 e. The average molecular weight is 322 g/mol. The molecule has 0 spiro atoms. The highest BCUT2D eigenvalue weighted by Crippen LogP contribution is 2.35. The fourth-order valence-electron chi connectivity index (χ4n) is 3.39. The summed E-state index contributed by atoms with van der Waals surface area (Å²) in [5, 5.41) is 1.73. The number of rotatable bonds is 3. The van der Waals surface area contributed by atoms with Crippen LogP contribution in [-0.4, -0.2) is 58.4 Å². The van der Waals surface area contributed by atoms with Crippen LogP contribution in [-0.2, 0) is 7.05 Å². The van der Waals surface area contributed by atoms with Gasteiger partial charge in [-0.3, -0.25) is 14.5 Å². The van der Waals surface area contributed by atoms with Crippen molar-refractivity contribution >= 4 is 33.8 Å². The molecule has 4 rings (SSSR count). The van der Waals surface area contributed by atoms with Crippen LogP contribution in [0.25, 0.3) is 21.9 Å². The Kier molecular flexibility index (Phi) is 3.18. The van der Waals surface area contributed by atoms with Crippen LogP contribution in [0.2, 0.25) is 0 Å². The summed E-state index contributed by atoms with van der Waals surface area (Å²) in [5.74, 6) is -0.418. The molecule has 3 aromatic rings. The number of aryl methyl sites for hydroxylation is 1. The van der Waals surface area contributed by atoms with Crippen LogP contribution in [0.5, 0.6) is 0 Å². The van der Waals surface area contributed by atoms with E-state index in [4.69, 9.17) is 0 Å². The first-order valence-corrected chi connectivity index (χ1v) is 7.87. The molecule has 3 heterocycles. The van der Waals surface area contributed by atoms with Crippen LogP contribution in [0.15, 0.2) is 30.5 Å². The number of hydrogen-bond donors (Lipinski definition) is 0. The van der Waals surface area contributed by atoms with Gasteiger partial charge in [-0.1, -0.05) is 0 Å². The smallest absolute Gasteiger partial charge is 0.262 e. The van der Waals surface area contributed by atoms with Gasteiger partial charge in [0.25, 0.3) is 11.8 Å². The van der Waals surface area contributed by atoms with Gasteiger partial charge in [0, 0.05) is 37.1 Å². The van der Waals surface area contributed by atoms with Gasteiger partial charge in [-0.25, -0.2) is 4.98 Å². The lowest BCUT2D eigenvalue weighted by Crippen LogP contribution is -2.35. The number of fused-ring (bicyclic) bond motifs is 5. The van der Waals surface area contributed by atoms with Crippen molar-refractivity contribution in [1.82, 2.24) is 19.4 Å². The molecule has 6 heteroatoms. The molecule has 0 saturated heterocycles. The monoisotopic (exact) mass is 322 g/mol. The van der Waals surface area contributed by atoms with Crippen LogP contribution < -0.4 is 0 Å². The lowest BCUT2D eigenvalue weighted by Gasteiger charge is -2.16. The molecule has 0 fully saturated rings. The number of carbonyl (C=O) groups is 2. The van der Waals surface area contributed by atoms with Crippen molar-refractivity contribution in [3.63, 3.8) is 0 Å². The fourth-order valence-corrected chi connectivity index (χ4v) is 3.39. The second kappa shape index (κ2) is 5.14. The van der Waals surface area contributed by atoms with Gasteiger partial charge in [-0.15, -0.1) is 0 Å². The summed E-state index contributed by atoms with van der Waals surface area (Å²) in [6, 6.07) is 7.46. The molecule has 2 aromatic heterocycles. The lowest BCUT2D eigenvalue weighted by atomic mass is 10.0. The van der Waals surface area contributed by atoms with E-state index in [1.165, 1.54) is 4.90 Å². The standard InChI is InChI=1S/C18H18N4O2/c1-20(2)9-10-22-17(23)12-6-7-13-14(15(12)18(22)24)11-5-4-8-19-16(11)21(13)3/h4-8H,9-10H2,1-3H3. The predicted molar refractivity (Wildman–Crippen MR) is 92.1 cm³/mol. The Morgan fingerprint density at radius 3 is 2.67 bits per heavy atom. The van der Waals surface area contributed by atoms with Crippen molar-refractivity contribution in [1.29, 1.82) is 0 Å². The summed E-state index contributed by atoms with van der Waals surface area (Å²) < 4.78 is 1.96. The topological polar surface area (TPSA) is 58.4 Å². The number of aromatic nitrogens is 2. The number of imide groups is 1. The molecule has 0 aliphatic carbocycles. The van der Waals surface area contributed by atoms with Gasteiger partial charge in [-0.2, -0.15) is 0 Å².